The smallest absolute Gasteiger partial charge is 0.256 e. The normalized spacial score (nSPS) is 21.1. The number of methoxy groups -OCH3 is 1. The van der Waals surface area contributed by atoms with Crippen LogP contribution in [-0.2, 0) is 9.53 Å². The number of halogens is 2. The van der Waals surface area contributed by atoms with E-state index in [4.69, 9.17) is 27.9 Å². The molecule has 0 radical (unpaired) electrons. The van der Waals surface area contributed by atoms with Gasteiger partial charge in [-0.2, -0.15) is 0 Å². The zero-order chi connectivity index (χ0) is 19.4. The molecule has 2 aromatic carbocycles. The Hall–Kier alpha value is -1.55. The average molecular weight is 406 g/mol. The van der Waals surface area contributed by atoms with Crippen molar-refractivity contribution >= 4 is 29.1 Å². The van der Waals surface area contributed by atoms with Crippen LogP contribution in [0.5, 0.6) is 0 Å². The summed E-state index contributed by atoms with van der Waals surface area (Å²) < 4.78 is 5.55. The zero-order valence-corrected chi connectivity index (χ0v) is 17.2. The average Bonchev–Trinajstić information content (AvgIpc) is 2.71. The first-order valence-corrected chi connectivity index (χ1v) is 10.1. The van der Waals surface area contributed by atoms with Crippen LogP contribution < -0.4 is 0 Å². The van der Waals surface area contributed by atoms with Crippen LogP contribution in [0.25, 0.3) is 0 Å². The Balaban J connectivity index is 1.82. The Bertz CT molecular complexity index is 781. The van der Waals surface area contributed by atoms with Crippen molar-refractivity contribution < 1.29 is 9.53 Å². The maximum absolute atomic E-state index is 13.2. The maximum atomic E-state index is 13.2. The number of nitrogens with zero attached hydrogens (tertiary/aromatic N) is 1. The maximum Gasteiger partial charge on any atom is 0.256 e. The number of likely N-dealkylation sites (tertiary alicyclic amines) is 1. The van der Waals surface area contributed by atoms with E-state index in [9.17, 15) is 4.79 Å². The van der Waals surface area contributed by atoms with Gasteiger partial charge in [0.2, 0.25) is 0 Å². The molecule has 144 valence electrons. The number of hydrogen-bond acceptors (Lipinski definition) is 2. The Kier molecular flexibility index (Phi) is 6.80. The van der Waals surface area contributed by atoms with Crippen LogP contribution in [0.2, 0.25) is 10.0 Å². The number of piperidine rings is 1. The van der Waals surface area contributed by atoms with E-state index in [1.165, 1.54) is 0 Å². The highest BCUT2D eigenvalue weighted by Gasteiger charge is 2.34. The lowest BCUT2D eigenvalue weighted by atomic mass is 9.79. The van der Waals surface area contributed by atoms with Gasteiger partial charge >= 0.3 is 0 Å². The third-order valence-electron chi connectivity index (χ3n) is 5.53. The fraction of sp³-hybridized carbons (Fsp3) is 0.409. The lowest BCUT2D eigenvalue weighted by molar-refractivity contribution is -0.144. The molecule has 1 fully saturated rings. The monoisotopic (exact) mass is 405 g/mol. The molecule has 0 N–H and O–H groups in total. The van der Waals surface area contributed by atoms with Gasteiger partial charge in [-0.3, -0.25) is 4.79 Å². The zero-order valence-electron chi connectivity index (χ0n) is 15.7. The first kappa shape index (κ1) is 20.2. The van der Waals surface area contributed by atoms with Gasteiger partial charge in [-0.1, -0.05) is 72.9 Å². The van der Waals surface area contributed by atoms with Crippen molar-refractivity contribution in [2.24, 2.45) is 5.92 Å². The number of ether oxygens (including phenoxy) is 1. The molecule has 5 heteroatoms. The fourth-order valence-corrected chi connectivity index (χ4v) is 4.29. The highest BCUT2D eigenvalue weighted by molar-refractivity contribution is 6.42. The van der Waals surface area contributed by atoms with Crippen molar-refractivity contribution in [3.05, 3.63) is 69.7 Å². The van der Waals surface area contributed by atoms with Gasteiger partial charge in [-0.15, -0.1) is 0 Å². The Morgan fingerprint density at radius 3 is 2.56 bits per heavy atom. The summed E-state index contributed by atoms with van der Waals surface area (Å²) >= 11 is 12.3. The van der Waals surface area contributed by atoms with Crippen LogP contribution >= 0.6 is 23.2 Å². The molecule has 0 aliphatic carbocycles. The SMILES string of the molecule is CCC1CCN(C(=O)C(OC)c2ccccc2)C[C@@H]1c1ccc(Cl)c(Cl)c1. The van der Waals surface area contributed by atoms with Gasteiger partial charge in [0.25, 0.3) is 5.91 Å². The molecule has 1 aliphatic rings. The summed E-state index contributed by atoms with van der Waals surface area (Å²) in [5, 5.41) is 1.12. The molecule has 1 heterocycles. The first-order chi connectivity index (χ1) is 13.0. The number of carbonyl (C=O) groups is 1. The molecule has 2 aromatic rings. The van der Waals surface area contributed by atoms with Crippen molar-refractivity contribution in [3.63, 3.8) is 0 Å². The quantitative estimate of drug-likeness (QED) is 0.635. The molecule has 0 spiro atoms. The molecule has 1 saturated heterocycles. The van der Waals surface area contributed by atoms with Gasteiger partial charge in [-0.25, -0.2) is 0 Å². The molecule has 1 aliphatic heterocycles. The molecule has 27 heavy (non-hydrogen) atoms. The van der Waals surface area contributed by atoms with Crippen molar-refractivity contribution in [3.8, 4) is 0 Å². The highest BCUT2D eigenvalue weighted by atomic mass is 35.5. The van der Waals surface area contributed by atoms with E-state index in [2.05, 4.69) is 6.92 Å². The van der Waals surface area contributed by atoms with Crippen molar-refractivity contribution in [1.29, 1.82) is 0 Å². The van der Waals surface area contributed by atoms with E-state index in [1.54, 1.807) is 7.11 Å². The minimum absolute atomic E-state index is 0.0170. The van der Waals surface area contributed by atoms with Gasteiger partial charge in [0.05, 0.1) is 10.0 Å². The first-order valence-electron chi connectivity index (χ1n) is 9.36. The molecule has 0 bridgehead atoms. The van der Waals surface area contributed by atoms with Crippen LogP contribution in [0.15, 0.2) is 48.5 Å². The van der Waals surface area contributed by atoms with Gasteiger partial charge < -0.3 is 9.64 Å². The summed E-state index contributed by atoms with van der Waals surface area (Å²) in [5.74, 6) is 0.781. The van der Waals surface area contributed by atoms with E-state index in [1.807, 2.05) is 53.4 Å². The van der Waals surface area contributed by atoms with Gasteiger partial charge in [0.1, 0.15) is 0 Å². The summed E-state index contributed by atoms with van der Waals surface area (Å²) in [4.78, 5) is 15.1. The molecule has 1 amide bonds. The van der Waals surface area contributed by atoms with Crippen LogP contribution in [-0.4, -0.2) is 31.0 Å². The minimum atomic E-state index is -0.571. The second-order valence-electron chi connectivity index (χ2n) is 7.05. The third-order valence-corrected chi connectivity index (χ3v) is 6.27. The topological polar surface area (TPSA) is 29.5 Å². The minimum Gasteiger partial charge on any atom is -0.367 e. The number of amides is 1. The molecule has 3 rings (SSSR count). The fourth-order valence-electron chi connectivity index (χ4n) is 3.98. The second-order valence-corrected chi connectivity index (χ2v) is 7.86. The van der Waals surface area contributed by atoms with Crippen LogP contribution in [0.4, 0.5) is 0 Å². The Morgan fingerprint density at radius 1 is 1.19 bits per heavy atom. The van der Waals surface area contributed by atoms with Crippen LogP contribution in [0.1, 0.15) is 42.9 Å². The summed E-state index contributed by atoms with van der Waals surface area (Å²) in [5.41, 5.74) is 2.02. The van der Waals surface area contributed by atoms with Crippen LogP contribution in [0, 0.1) is 5.92 Å². The molecule has 3 atom stereocenters. The molecule has 2 unspecified atom stereocenters. The molecular formula is C22H25Cl2NO2. The lowest BCUT2D eigenvalue weighted by Gasteiger charge is -2.40. The molecule has 0 saturated carbocycles. The number of hydrogen-bond donors (Lipinski definition) is 0. The second kappa shape index (κ2) is 9.09. The lowest BCUT2D eigenvalue weighted by Crippen LogP contribution is -2.45. The van der Waals surface area contributed by atoms with E-state index in [-0.39, 0.29) is 11.8 Å². The van der Waals surface area contributed by atoms with E-state index in [0.717, 1.165) is 30.5 Å². The van der Waals surface area contributed by atoms with Crippen molar-refractivity contribution in [1.82, 2.24) is 4.90 Å². The van der Waals surface area contributed by atoms with Gasteiger partial charge in [0, 0.05) is 26.1 Å². The summed E-state index contributed by atoms with van der Waals surface area (Å²) in [6, 6.07) is 15.5. The number of carbonyl (C=O) groups excluding carboxylic acids is 1. The van der Waals surface area contributed by atoms with E-state index >= 15 is 0 Å². The van der Waals surface area contributed by atoms with E-state index in [0.29, 0.717) is 22.5 Å². The highest BCUT2D eigenvalue weighted by Crippen LogP contribution is 2.37. The van der Waals surface area contributed by atoms with Crippen LogP contribution in [0.3, 0.4) is 0 Å². The van der Waals surface area contributed by atoms with Crippen molar-refractivity contribution in [2.75, 3.05) is 20.2 Å². The Morgan fingerprint density at radius 2 is 1.93 bits per heavy atom. The largest absolute Gasteiger partial charge is 0.367 e. The summed E-state index contributed by atoms with van der Waals surface area (Å²) in [6.45, 7) is 3.62. The summed E-state index contributed by atoms with van der Waals surface area (Å²) in [7, 11) is 1.59. The predicted molar refractivity (Wildman–Crippen MR) is 110 cm³/mol. The molecule has 3 nitrogen and oxygen atoms in total. The molecule has 0 aromatic heterocycles. The number of rotatable bonds is 5. The van der Waals surface area contributed by atoms with E-state index < -0.39 is 6.10 Å². The van der Waals surface area contributed by atoms with Gasteiger partial charge in [0.15, 0.2) is 6.10 Å². The third kappa shape index (κ3) is 4.48. The predicted octanol–water partition coefficient (Wildman–Crippen LogP) is 5.72. The van der Waals surface area contributed by atoms with Crippen molar-refractivity contribution in [2.45, 2.75) is 31.8 Å². The summed E-state index contributed by atoms with van der Waals surface area (Å²) in [6.07, 6.45) is 1.47. The number of benzene rings is 2. The molecular weight excluding hydrogens is 381 g/mol. The van der Waals surface area contributed by atoms with Gasteiger partial charge in [-0.05, 0) is 35.6 Å². The Labute approximate surface area is 171 Å². The standard InChI is InChI=1S/C22H25Cl2NO2/c1-3-15-11-12-25(14-18(15)17-9-10-19(23)20(24)13-17)22(26)21(27-2)16-7-5-4-6-8-16/h4-10,13,15,18,21H,3,11-12,14H2,1-2H3/t15?,18-,21?/m0/s1.